The summed E-state index contributed by atoms with van der Waals surface area (Å²) in [6.07, 6.45) is 0.975. The van der Waals surface area contributed by atoms with E-state index in [0.717, 1.165) is 35.7 Å². The van der Waals surface area contributed by atoms with Gasteiger partial charge in [-0.3, -0.25) is 9.59 Å². The van der Waals surface area contributed by atoms with Gasteiger partial charge in [0.15, 0.2) is 0 Å². The number of rotatable bonds is 6. The van der Waals surface area contributed by atoms with Crippen LogP contribution in [-0.4, -0.2) is 36.9 Å². The molecule has 8 heteroatoms. The number of benzene rings is 1. The van der Waals surface area contributed by atoms with Crippen LogP contribution in [0.15, 0.2) is 30.3 Å². The van der Waals surface area contributed by atoms with Gasteiger partial charge < -0.3 is 20.7 Å². The number of primary amides is 1. The number of halogens is 1. The molecule has 0 unspecified atom stereocenters. The molecule has 0 saturated carbocycles. The maximum Gasteiger partial charge on any atom is 0.251 e. The Hall–Kier alpha value is -2.09. The lowest BCUT2D eigenvalue weighted by Gasteiger charge is -2.22. The Kier molecular flexibility index (Phi) is 7.02. The number of fused-ring (bicyclic) bond motifs is 1. The van der Waals surface area contributed by atoms with Crippen LogP contribution in [-0.2, 0) is 17.8 Å². The lowest BCUT2D eigenvalue weighted by Crippen LogP contribution is -2.27. The highest BCUT2D eigenvalue weighted by atomic mass is 35.5. The fraction of sp³-hybridized carbons (Fsp3) is 0.333. The van der Waals surface area contributed by atoms with E-state index < -0.39 is 5.91 Å². The van der Waals surface area contributed by atoms with Gasteiger partial charge in [0.25, 0.3) is 5.91 Å². The van der Waals surface area contributed by atoms with Crippen molar-refractivity contribution in [1.29, 1.82) is 0 Å². The number of hydrogen-bond donors (Lipinski definition) is 2. The van der Waals surface area contributed by atoms with E-state index in [-0.39, 0.29) is 31.3 Å². The van der Waals surface area contributed by atoms with Crippen LogP contribution in [0.3, 0.4) is 0 Å². The first kappa shape index (κ1) is 20.2. The Bertz CT molecular complexity index is 779. The number of ether oxygens (including phenoxy) is 1. The summed E-state index contributed by atoms with van der Waals surface area (Å²) in [6.45, 7) is 1.92. The number of likely N-dealkylation sites (N-methyl/N-ethyl adjacent to an activating group) is 1. The average molecular weight is 396 g/mol. The topological polar surface area (TPSA) is 84.7 Å². The van der Waals surface area contributed by atoms with Crippen LogP contribution in [0.2, 0.25) is 0 Å². The highest BCUT2D eigenvalue weighted by Crippen LogP contribution is 2.36. The molecule has 6 nitrogen and oxygen atoms in total. The molecule has 3 rings (SSSR count). The van der Waals surface area contributed by atoms with Crippen LogP contribution >= 0.6 is 23.7 Å². The van der Waals surface area contributed by atoms with Crippen molar-refractivity contribution in [2.75, 3.05) is 25.5 Å². The standard InChI is InChI=1S/C18H21N3O3S.ClH/c1-21-9-7-13-14(11-21)25-18(16(13)17(19)23)20-15(22)8-10-24-12-5-3-2-4-6-12;/h2-6H,7-11H2,1H3,(H2,19,23)(H,20,22);1H. The van der Waals surface area contributed by atoms with Crippen LogP contribution in [0.5, 0.6) is 5.75 Å². The summed E-state index contributed by atoms with van der Waals surface area (Å²) in [5.41, 5.74) is 6.99. The van der Waals surface area contributed by atoms with Gasteiger partial charge >= 0.3 is 0 Å². The number of hydrogen-bond acceptors (Lipinski definition) is 5. The van der Waals surface area contributed by atoms with E-state index >= 15 is 0 Å². The predicted molar refractivity (Wildman–Crippen MR) is 105 cm³/mol. The molecule has 3 N–H and O–H groups in total. The van der Waals surface area contributed by atoms with E-state index in [9.17, 15) is 9.59 Å². The zero-order chi connectivity index (χ0) is 17.8. The monoisotopic (exact) mass is 395 g/mol. The zero-order valence-corrected chi connectivity index (χ0v) is 16.1. The van der Waals surface area contributed by atoms with Crippen LogP contribution in [0, 0.1) is 0 Å². The molecule has 0 bridgehead atoms. The Morgan fingerprint density at radius 1 is 1.31 bits per heavy atom. The van der Waals surface area contributed by atoms with Crippen LogP contribution in [0.4, 0.5) is 5.00 Å². The second-order valence-electron chi connectivity index (χ2n) is 6.02. The number of carbonyl (C=O) groups is 2. The summed E-state index contributed by atoms with van der Waals surface area (Å²) in [7, 11) is 2.03. The maximum absolute atomic E-state index is 12.2. The first-order valence-corrected chi connectivity index (χ1v) is 8.97. The Morgan fingerprint density at radius 2 is 2.04 bits per heavy atom. The smallest absolute Gasteiger partial charge is 0.251 e. The van der Waals surface area contributed by atoms with Gasteiger partial charge in [-0.1, -0.05) is 18.2 Å². The molecule has 1 aromatic heterocycles. The molecule has 1 aliphatic rings. The molecule has 2 heterocycles. The molecule has 0 fully saturated rings. The van der Waals surface area contributed by atoms with E-state index in [2.05, 4.69) is 10.2 Å². The number of thiophene rings is 1. The third-order valence-electron chi connectivity index (χ3n) is 4.09. The van der Waals surface area contributed by atoms with Crippen molar-refractivity contribution in [1.82, 2.24) is 4.90 Å². The number of nitrogens with two attached hydrogens (primary N) is 1. The number of carbonyl (C=O) groups excluding carboxylic acids is 2. The summed E-state index contributed by atoms with van der Waals surface area (Å²) in [4.78, 5) is 27.3. The van der Waals surface area contributed by atoms with Crippen molar-refractivity contribution in [3.63, 3.8) is 0 Å². The highest BCUT2D eigenvalue weighted by Gasteiger charge is 2.26. The van der Waals surface area contributed by atoms with Crippen molar-refractivity contribution in [3.8, 4) is 5.75 Å². The van der Waals surface area contributed by atoms with Gasteiger partial charge in [0, 0.05) is 18.0 Å². The predicted octanol–water partition coefficient (Wildman–Crippen LogP) is 2.66. The third-order valence-corrected chi connectivity index (χ3v) is 5.22. The molecule has 0 atom stereocenters. The van der Waals surface area contributed by atoms with E-state index in [0.29, 0.717) is 10.6 Å². The number of amides is 2. The van der Waals surface area contributed by atoms with Gasteiger partial charge in [0.2, 0.25) is 5.91 Å². The molecule has 1 aliphatic heterocycles. The Morgan fingerprint density at radius 3 is 2.73 bits per heavy atom. The van der Waals surface area contributed by atoms with Crippen LogP contribution in [0.1, 0.15) is 27.2 Å². The zero-order valence-electron chi connectivity index (χ0n) is 14.5. The molecule has 26 heavy (non-hydrogen) atoms. The minimum Gasteiger partial charge on any atom is -0.493 e. The van der Waals surface area contributed by atoms with Gasteiger partial charge in [-0.15, -0.1) is 23.7 Å². The quantitative estimate of drug-likeness (QED) is 0.787. The summed E-state index contributed by atoms with van der Waals surface area (Å²) in [5.74, 6) is 0.0472. The van der Waals surface area contributed by atoms with Gasteiger partial charge in [-0.05, 0) is 31.2 Å². The van der Waals surface area contributed by atoms with E-state index in [4.69, 9.17) is 10.5 Å². The first-order chi connectivity index (χ1) is 12.0. The largest absolute Gasteiger partial charge is 0.493 e. The number of nitrogens with zero attached hydrogens (tertiary/aromatic N) is 1. The number of nitrogens with one attached hydrogen (secondary N) is 1. The fourth-order valence-corrected chi connectivity index (χ4v) is 4.20. The van der Waals surface area contributed by atoms with Crippen molar-refractivity contribution < 1.29 is 14.3 Å². The normalized spacial score (nSPS) is 13.4. The summed E-state index contributed by atoms with van der Waals surface area (Å²) in [5, 5.41) is 3.38. The summed E-state index contributed by atoms with van der Waals surface area (Å²) < 4.78 is 5.53. The molecule has 0 aliphatic carbocycles. The van der Waals surface area contributed by atoms with Crippen LogP contribution < -0.4 is 15.8 Å². The fourth-order valence-electron chi connectivity index (χ4n) is 2.85. The van der Waals surface area contributed by atoms with Crippen molar-refractivity contribution >= 4 is 40.6 Å². The molecule has 2 aromatic rings. The van der Waals surface area contributed by atoms with E-state index in [1.54, 1.807) is 0 Å². The average Bonchev–Trinajstić information content (AvgIpc) is 2.92. The number of anilines is 1. The van der Waals surface area contributed by atoms with Crippen molar-refractivity contribution in [3.05, 3.63) is 46.3 Å². The summed E-state index contributed by atoms with van der Waals surface area (Å²) in [6, 6.07) is 9.34. The Balaban J connectivity index is 0.00000243. The lowest BCUT2D eigenvalue weighted by atomic mass is 10.0. The first-order valence-electron chi connectivity index (χ1n) is 8.15. The van der Waals surface area contributed by atoms with E-state index in [1.807, 2.05) is 37.4 Å². The van der Waals surface area contributed by atoms with E-state index in [1.165, 1.54) is 11.3 Å². The molecular formula is C18H22ClN3O3S. The van der Waals surface area contributed by atoms with Crippen molar-refractivity contribution in [2.24, 2.45) is 5.73 Å². The minimum atomic E-state index is -0.488. The van der Waals surface area contributed by atoms with Gasteiger partial charge in [0.05, 0.1) is 18.6 Å². The molecule has 0 spiro atoms. The number of para-hydroxylation sites is 1. The second-order valence-corrected chi connectivity index (χ2v) is 7.12. The molecule has 0 saturated heterocycles. The minimum absolute atomic E-state index is 0. The lowest BCUT2D eigenvalue weighted by molar-refractivity contribution is -0.116. The molecular weight excluding hydrogens is 374 g/mol. The van der Waals surface area contributed by atoms with Gasteiger partial charge in [0.1, 0.15) is 10.8 Å². The summed E-state index contributed by atoms with van der Waals surface area (Å²) >= 11 is 1.44. The SMILES string of the molecule is CN1CCc2c(sc(NC(=O)CCOc3ccccc3)c2C(N)=O)C1.Cl. The maximum atomic E-state index is 12.2. The van der Waals surface area contributed by atoms with Gasteiger partial charge in [-0.2, -0.15) is 0 Å². The third kappa shape index (κ3) is 4.75. The van der Waals surface area contributed by atoms with Crippen molar-refractivity contribution in [2.45, 2.75) is 19.4 Å². The molecule has 2 amide bonds. The highest BCUT2D eigenvalue weighted by molar-refractivity contribution is 7.17. The Labute approximate surface area is 162 Å². The molecule has 140 valence electrons. The van der Waals surface area contributed by atoms with Gasteiger partial charge in [-0.25, -0.2) is 0 Å². The molecule has 0 radical (unpaired) electrons. The van der Waals surface area contributed by atoms with Crippen LogP contribution in [0.25, 0.3) is 0 Å². The second kappa shape index (κ2) is 9.02. The molecule has 1 aromatic carbocycles.